The lowest BCUT2D eigenvalue weighted by molar-refractivity contribution is 0.0696. The number of carboxylic acids is 1. The van der Waals surface area contributed by atoms with Gasteiger partial charge in [-0.3, -0.25) is 4.68 Å². The monoisotopic (exact) mass is 578 g/mol. The van der Waals surface area contributed by atoms with E-state index in [0.717, 1.165) is 34.9 Å². The molecule has 0 radical (unpaired) electrons. The van der Waals surface area contributed by atoms with Crippen LogP contribution in [0.4, 0.5) is 11.6 Å². The van der Waals surface area contributed by atoms with Crippen LogP contribution < -0.4 is 14.8 Å². The molecule has 0 spiro atoms. The molecule has 41 heavy (non-hydrogen) atoms. The van der Waals surface area contributed by atoms with Gasteiger partial charge in [-0.15, -0.1) is 0 Å². The molecule has 216 valence electrons. The number of carboxylic acid groups (broad SMARTS) is 1. The summed E-state index contributed by atoms with van der Waals surface area (Å²) >= 11 is 0. The summed E-state index contributed by atoms with van der Waals surface area (Å²) in [6.07, 6.45) is 4.43. The summed E-state index contributed by atoms with van der Waals surface area (Å²) < 4.78 is 36.7. The van der Waals surface area contributed by atoms with Crippen LogP contribution in [0.1, 0.15) is 41.8 Å². The Kier molecular flexibility index (Phi) is 8.92. The highest BCUT2D eigenvalue weighted by molar-refractivity contribution is 7.92. The van der Waals surface area contributed by atoms with Crippen LogP contribution in [0.15, 0.2) is 65.8 Å². The minimum absolute atomic E-state index is 0.0725. The van der Waals surface area contributed by atoms with E-state index in [1.807, 2.05) is 45.3 Å². The summed E-state index contributed by atoms with van der Waals surface area (Å²) in [5, 5.41) is 17.0. The molecule has 0 saturated carbocycles. The Bertz CT molecular complexity index is 1630. The molecule has 0 amide bonds. The molecule has 4 aromatic rings. The van der Waals surface area contributed by atoms with Crippen molar-refractivity contribution in [1.82, 2.24) is 19.7 Å². The second-order valence-corrected chi connectivity index (χ2v) is 12.0. The van der Waals surface area contributed by atoms with E-state index in [0.29, 0.717) is 11.6 Å². The Morgan fingerprint density at radius 1 is 1.07 bits per heavy atom. The van der Waals surface area contributed by atoms with E-state index in [9.17, 15) is 18.3 Å². The summed E-state index contributed by atoms with van der Waals surface area (Å²) in [7, 11) is -2.36. The molecule has 0 aliphatic rings. The smallest absolute Gasteiger partial charge is 0.335 e. The lowest BCUT2D eigenvalue weighted by atomic mass is 10.00. The number of nitrogens with zero attached hydrogens (tertiary/aromatic N) is 4. The van der Waals surface area contributed by atoms with E-state index < -0.39 is 16.0 Å². The molecule has 0 aliphatic carbocycles. The molecule has 2 aromatic carbocycles. The highest BCUT2D eigenvalue weighted by atomic mass is 32.2. The molecular formula is C29H34N6O5S. The predicted molar refractivity (Wildman–Crippen MR) is 157 cm³/mol. The summed E-state index contributed by atoms with van der Waals surface area (Å²) in [4.78, 5) is 20.0. The van der Waals surface area contributed by atoms with Gasteiger partial charge in [0.25, 0.3) is 10.0 Å². The number of aryl methyl sites for hydroxylation is 3. The highest BCUT2D eigenvalue weighted by Gasteiger charge is 2.21. The van der Waals surface area contributed by atoms with Crippen LogP contribution >= 0.6 is 0 Å². The number of aromatic nitrogens is 4. The van der Waals surface area contributed by atoms with Crippen molar-refractivity contribution in [1.29, 1.82) is 0 Å². The third-order valence-electron chi connectivity index (χ3n) is 6.32. The number of carbonyl (C=O) groups is 1. The second-order valence-electron chi connectivity index (χ2n) is 10.3. The van der Waals surface area contributed by atoms with E-state index in [1.165, 1.54) is 18.2 Å². The van der Waals surface area contributed by atoms with Crippen molar-refractivity contribution in [2.75, 3.05) is 16.6 Å². The summed E-state index contributed by atoms with van der Waals surface area (Å²) in [6, 6.07) is 12.5. The summed E-state index contributed by atoms with van der Waals surface area (Å²) in [5.74, 6) is -0.855. The van der Waals surface area contributed by atoms with E-state index in [1.54, 1.807) is 16.9 Å². The number of hydrogen-bond acceptors (Lipinski definition) is 8. The lowest BCUT2D eigenvalue weighted by Gasteiger charge is -2.21. The van der Waals surface area contributed by atoms with Crippen molar-refractivity contribution in [3.8, 4) is 17.1 Å². The van der Waals surface area contributed by atoms with Crippen LogP contribution in [-0.2, 0) is 17.1 Å². The molecule has 3 N–H and O–H groups in total. The quantitative estimate of drug-likeness (QED) is 0.213. The summed E-state index contributed by atoms with van der Waals surface area (Å²) in [6.45, 7) is 8.39. The Balaban J connectivity index is 1.68. The fourth-order valence-corrected chi connectivity index (χ4v) is 5.51. The van der Waals surface area contributed by atoms with Crippen LogP contribution in [0.25, 0.3) is 11.3 Å². The zero-order chi connectivity index (χ0) is 29.7. The maximum atomic E-state index is 13.2. The number of ether oxygens (including phenoxy) is 1. The Labute approximate surface area is 239 Å². The van der Waals surface area contributed by atoms with Crippen LogP contribution in [0, 0.1) is 19.8 Å². The average Bonchev–Trinajstić information content (AvgIpc) is 3.31. The normalized spacial score (nSPS) is 12.2. The standard InChI is InChI=1S/C29H34N6O5S/c1-18(2)12-22(31-23-15-30-35(5)16-23)17-40-26-14-25(27-19(3)8-6-9-20(27)4)32-29(33-26)34-41(38,39)24-11-7-10-21(13-24)28(36)37/h6-11,13-16,18,22,31H,12,17H2,1-5H3,(H,36,37)(H,32,33,34)/t22-/m1/s1. The molecule has 4 rings (SSSR count). The molecule has 2 heterocycles. The van der Waals surface area contributed by atoms with Gasteiger partial charge < -0.3 is 15.2 Å². The van der Waals surface area contributed by atoms with Crippen molar-refractivity contribution in [3.63, 3.8) is 0 Å². The van der Waals surface area contributed by atoms with Gasteiger partial charge >= 0.3 is 5.97 Å². The van der Waals surface area contributed by atoms with Gasteiger partial charge in [0, 0.05) is 24.9 Å². The maximum absolute atomic E-state index is 13.2. The number of nitrogens with one attached hydrogen (secondary N) is 2. The lowest BCUT2D eigenvalue weighted by Crippen LogP contribution is -2.29. The van der Waals surface area contributed by atoms with Gasteiger partial charge in [-0.1, -0.05) is 38.1 Å². The average molecular weight is 579 g/mol. The molecule has 0 unspecified atom stereocenters. The molecular weight excluding hydrogens is 544 g/mol. The topological polar surface area (TPSA) is 148 Å². The third-order valence-corrected chi connectivity index (χ3v) is 7.65. The van der Waals surface area contributed by atoms with Gasteiger partial charge in [-0.25, -0.2) is 22.9 Å². The number of hydrogen-bond donors (Lipinski definition) is 3. The molecule has 1 atom stereocenters. The first-order valence-corrected chi connectivity index (χ1v) is 14.6. The molecule has 0 fully saturated rings. The minimum Gasteiger partial charge on any atom is -0.478 e. The predicted octanol–water partition coefficient (Wildman–Crippen LogP) is 4.90. The first-order valence-electron chi connectivity index (χ1n) is 13.1. The fraction of sp³-hybridized carbons (Fsp3) is 0.310. The summed E-state index contributed by atoms with van der Waals surface area (Å²) in [5.41, 5.74) is 3.93. The largest absolute Gasteiger partial charge is 0.478 e. The van der Waals surface area contributed by atoms with E-state index in [4.69, 9.17) is 4.74 Å². The number of aromatic carboxylic acids is 1. The molecule has 11 nitrogen and oxygen atoms in total. The van der Waals surface area contributed by atoms with Crippen LogP contribution in [0.2, 0.25) is 0 Å². The Morgan fingerprint density at radius 3 is 2.41 bits per heavy atom. The maximum Gasteiger partial charge on any atom is 0.335 e. The first-order chi connectivity index (χ1) is 19.4. The van der Waals surface area contributed by atoms with Gasteiger partial charge in [-0.05, 0) is 55.5 Å². The van der Waals surface area contributed by atoms with E-state index in [-0.39, 0.29) is 34.9 Å². The number of rotatable bonds is 12. The van der Waals surface area contributed by atoms with Crippen LogP contribution in [0.3, 0.4) is 0 Å². The first kappa shape index (κ1) is 29.5. The Morgan fingerprint density at radius 2 is 1.78 bits per heavy atom. The van der Waals surface area contributed by atoms with Crippen LogP contribution in [-0.4, -0.2) is 51.9 Å². The SMILES string of the molecule is Cc1cccc(C)c1-c1cc(OC[C@@H](CC(C)C)Nc2cnn(C)c2)nc(NS(=O)(=O)c2cccc(C(=O)O)c2)n1. The van der Waals surface area contributed by atoms with E-state index >= 15 is 0 Å². The van der Waals surface area contributed by atoms with Gasteiger partial charge in [0.1, 0.15) is 6.61 Å². The van der Waals surface area contributed by atoms with Gasteiger partial charge in [0.2, 0.25) is 11.8 Å². The second kappa shape index (κ2) is 12.4. The van der Waals surface area contributed by atoms with Gasteiger partial charge in [-0.2, -0.15) is 10.1 Å². The van der Waals surface area contributed by atoms with Crippen molar-refractivity contribution < 1.29 is 23.1 Å². The molecule has 12 heteroatoms. The highest BCUT2D eigenvalue weighted by Crippen LogP contribution is 2.29. The number of sulfonamides is 1. The fourth-order valence-electron chi connectivity index (χ4n) is 4.52. The molecule has 0 aliphatic heterocycles. The minimum atomic E-state index is -4.21. The zero-order valence-electron chi connectivity index (χ0n) is 23.6. The Hall–Kier alpha value is -4.45. The van der Waals surface area contributed by atoms with Gasteiger partial charge in [0.05, 0.1) is 34.1 Å². The molecule has 0 saturated heterocycles. The zero-order valence-corrected chi connectivity index (χ0v) is 24.4. The van der Waals surface area contributed by atoms with Crippen molar-refractivity contribution in [2.24, 2.45) is 13.0 Å². The van der Waals surface area contributed by atoms with Crippen LogP contribution in [0.5, 0.6) is 5.88 Å². The molecule has 2 aromatic heterocycles. The van der Waals surface area contributed by atoms with E-state index in [2.05, 4.69) is 39.0 Å². The van der Waals surface area contributed by atoms with Crippen molar-refractivity contribution in [3.05, 3.63) is 77.6 Å². The number of anilines is 2. The number of benzene rings is 2. The third kappa shape index (κ3) is 7.60. The van der Waals surface area contributed by atoms with Gasteiger partial charge in [0.15, 0.2) is 0 Å². The van der Waals surface area contributed by atoms with Crippen molar-refractivity contribution in [2.45, 2.75) is 45.1 Å². The molecule has 0 bridgehead atoms. The van der Waals surface area contributed by atoms with Crippen molar-refractivity contribution >= 4 is 27.6 Å².